The highest BCUT2D eigenvalue weighted by Gasteiger charge is 2.26. The first kappa shape index (κ1) is 19.3. The first-order valence-electron chi connectivity index (χ1n) is 10.3. The number of carbonyl (C=O) groups excluding carboxylic acids is 1. The van der Waals surface area contributed by atoms with E-state index in [2.05, 4.69) is 21.9 Å². The lowest BCUT2D eigenvalue weighted by Gasteiger charge is -2.37. The van der Waals surface area contributed by atoms with Crippen molar-refractivity contribution in [3.63, 3.8) is 0 Å². The highest BCUT2D eigenvalue weighted by molar-refractivity contribution is 6.30. The van der Waals surface area contributed by atoms with Crippen LogP contribution in [0.2, 0.25) is 5.02 Å². The topological polar surface area (TPSA) is 45.2 Å². The zero-order valence-corrected chi connectivity index (χ0v) is 17.5. The Morgan fingerprint density at radius 3 is 2.57 bits per heavy atom. The molecule has 2 aromatic rings. The zero-order valence-electron chi connectivity index (χ0n) is 16.7. The monoisotopic (exact) mass is 425 g/mol. The Hall–Kier alpha value is -2.70. The lowest BCUT2D eigenvalue weighted by molar-refractivity contribution is 0.142. The Morgan fingerprint density at radius 2 is 1.77 bits per heavy atom. The number of carbonyl (C=O) groups is 1. The molecule has 156 valence electrons. The van der Waals surface area contributed by atoms with Gasteiger partial charge in [-0.25, -0.2) is 4.79 Å². The number of nitrogens with zero attached hydrogens (tertiary/aromatic N) is 3. The van der Waals surface area contributed by atoms with Gasteiger partial charge in [-0.15, -0.1) is 0 Å². The predicted molar refractivity (Wildman–Crippen MR) is 117 cm³/mol. The largest absolute Gasteiger partial charge is 0.456 e. The van der Waals surface area contributed by atoms with Gasteiger partial charge in [-0.05, 0) is 36.4 Å². The van der Waals surface area contributed by atoms with Gasteiger partial charge in [0.05, 0.1) is 6.54 Å². The summed E-state index contributed by atoms with van der Waals surface area (Å²) < 4.78 is 11.2. The molecule has 0 bridgehead atoms. The molecule has 2 saturated heterocycles. The summed E-state index contributed by atoms with van der Waals surface area (Å²) in [7, 11) is 0. The minimum absolute atomic E-state index is 0.189. The second-order valence-electron chi connectivity index (χ2n) is 7.74. The van der Waals surface area contributed by atoms with Crippen molar-refractivity contribution < 1.29 is 14.3 Å². The maximum atomic E-state index is 11.6. The summed E-state index contributed by atoms with van der Waals surface area (Å²) in [4.78, 5) is 18.2. The number of cyclic esters (lactones) is 1. The molecule has 30 heavy (non-hydrogen) atoms. The Labute approximate surface area is 181 Å². The summed E-state index contributed by atoms with van der Waals surface area (Å²) in [5.74, 6) is 1.68. The van der Waals surface area contributed by atoms with Crippen molar-refractivity contribution in [1.29, 1.82) is 0 Å². The molecule has 1 amide bonds. The van der Waals surface area contributed by atoms with Gasteiger partial charge in [0.2, 0.25) is 0 Å². The quantitative estimate of drug-likeness (QED) is 0.740. The van der Waals surface area contributed by atoms with E-state index in [1.807, 2.05) is 36.4 Å². The van der Waals surface area contributed by atoms with Crippen LogP contribution in [0.3, 0.4) is 0 Å². The highest BCUT2D eigenvalue weighted by Crippen LogP contribution is 2.40. The summed E-state index contributed by atoms with van der Waals surface area (Å²) in [6.07, 6.45) is 1.99. The second-order valence-corrected chi connectivity index (χ2v) is 8.18. The van der Waals surface area contributed by atoms with Crippen molar-refractivity contribution in [3.05, 3.63) is 58.6 Å². The molecular weight excluding hydrogens is 402 g/mol. The van der Waals surface area contributed by atoms with Gasteiger partial charge in [0.25, 0.3) is 0 Å². The Morgan fingerprint density at radius 1 is 0.933 bits per heavy atom. The Bertz CT molecular complexity index is 985. The van der Waals surface area contributed by atoms with Gasteiger partial charge in [0.1, 0.15) is 18.1 Å². The van der Waals surface area contributed by atoms with Crippen LogP contribution in [0.1, 0.15) is 11.1 Å². The molecule has 0 N–H and O–H groups in total. The first-order valence-corrected chi connectivity index (χ1v) is 10.7. The molecule has 0 aliphatic carbocycles. The van der Waals surface area contributed by atoms with Crippen LogP contribution in [0.15, 0.2) is 42.5 Å². The normalized spacial score (nSPS) is 18.8. The fourth-order valence-corrected chi connectivity index (χ4v) is 4.38. The van der Waals surface area contributed by atoms with E-state index in [1.54, 1.807) is 4.90 Å². The van der Waals surface area contributed by atoms with E-state index in [0.29, 0.717) is 18.2 Å². The number of ether oxygens (including phenoxy) is 2. The van der Waals surface area contributed by atoms with Gasteiger partial charge in [-0.2, -0.15) is 0 Å². The summed E-state index contributed by atoms with van der Waals surface area (Å²) in [5, 5.41) is 0.698. The summed E-state index contributed by atoms with van der Waals surface area (Å²) in [5.41, 5.74) is 3.25. The van der Waals surface area contributed by atoms with Gasteiger partial charge in [-0.1, -0.05) is 23.7 Å². The van der Waals surface area contributed by atoms with E-state index in [9.17, 15) is 4.79 Å². The SMILES string of the molecule is O=C1OCCN1CCN1CCN(C2=Cc3cc(Cl)ccc3Oc3ccccc32)CC1. The molecular formula is C23H24ClN3O3. The molecule has 2 aromatic carbocycles. The molecule has 0 spiro atoms. The van der Waals surface area contributed by atoms with E-state index in [1.165, 1.54) is 0 Å². The number of piperazine rings is 1. The summed E-state index contributed by atoms with van der Waals surface area (Å²) in [6.45, 7) is 6.54. The van der Waals surface area contributed by atoms with E-state index >= 15 is 0 Å². The molecule has 5 rings (SSSR count). The summed E-state index contributed by atoms with van der Waals surface area (Å²) in [6, 6.07) is 13.9. The molecule has 0 atom stereocenters. The lowest BCUT2D eigenvalue weighted by atomic mass is 10.1. The van der Waals surface area contributed by atoms with Crippen LogP contribution in [0, 0.1) is 0 Å². The van der Waals surface area contributed by atoms with E-state index in [0.717, 1.165) is 67.6 Å². The Kier molecular flexibility index (Phi) is 5.27. The van der Waals surface area contributed by atoms with Crippen LogP contribution in [-0.2, 0) is 4.74 Å². The maximum absolute atomic E-state index is 11.6. The number of hydrogen-bond acceptors (Lipinski definition) is 5. The standard InChI is InChI=1S/C23H24ClN3O3/c24-18-5-6-21-17(15-18)16-20(19-3-1-2-4-22(19)30-21)26-10-7-25(8-11-26)9-12-27-13-14-29-23(27)28/h1-6,15-16H,7-14H2. The van der Waals surface area contributed by atoms with Gasteiger partial charge in [0, 0.05) is 61.1 Å². The number of benzene rings is 2. The molecule has 3 heterocycles. The molecule has 0 unspecified atom stereocenters. The number of fused-ring (bicyclic) bond motifs is 2. The van der Waals surface area contributed by atoms with Gasteiger partial charge < -0.3 is 19.3 Å². The van der Waals surface area contributed by atoms with Crippen molar-refractivity contribution >= 4 is 29.5 Å². The van der Waals surface area contributed by atoms with Gasteiger partial charge in [-0.3, -0.25) is 4.90 Å². The van der Waals surface area contributed by atoms with Gasteiger partial charge in [0.15, 0.2) is 0 Å². The van der Waals surface area contributed by atoms with E-state index in [4.69, 9.17) is 21.1 Å². The fraction of sp³-hybridized carbons (Fsp3) is 0.348. The van der Waals surface area contributed by atoms with Crippen LogP contribution in [0.4, 0.5) is 4.79 Å². The van der Waals surface area contributed by atoms with Crippen molar-refractivity contribution in [1.82, 2.24) is 14.7 Å². The molecule has 7 heteroatoms. The third-order valence-corrected chi connectivity index (χ3v) is 6.13. The van der Waals surface area contributed by atoms with Crippen molar-refractivity contribution in [2.45, 2.75) is 0 Å². The van der Waals surface area contributed by atoms with Crippen LogP contribution in [0.5, 0.6) is 11.5 Å². The minimum Gasteiger partial charge on any atom is -0.456 e. The zero-order chi connectivity index (χ0) is 20.5. The van der Waals surface area contributed by atoms with E-state index < -0.39 is 0 Å². The van der Waals surface area contributed by atoms with Gasteiger partial charge >= 0.3 is 6.09 Å². The molecule has 2 fully saturated rings. The highest BCUT2D eigenvalue weighted by atomic mass is 35.5. The number of para-hydroxylation sites is 1. The molecule has 3 aliphatic heterocycles. The average Bonchev–Trinajstić information content (AvgIpc) is 3.10. The van der Waals surface area contributed by atoms with Crippen LogP contribution in [-0.4, -0.2) is 73.2 Å². The van der Waals surface area contributed by atoms with E-state index in [-0.39, 0.29) is 6.09 Å². The van der Waals surface area contributed by atoms with Crippen molar-refractivity contribution in [3.8, 4) is 11.5 Å². The smallest absolute Gasteiger partial charge is 0.409 e. The second kappa shape index (κ2) is 8.20. The van der Waals surface area contributed by atoms with Crippen LogP contribution >= 0.6 is 11.6 Å². The lowest BCUT2D eigenvalue weighted by Crippen LogP contribution is -2.47. The van der Waals surface area contributed by atoms with Crippen molar-refractivity contribution in [2.24, 2.45) is 0 Å². The molecule has 3 aliphatic rings. The third-order valence-electron chi connectivity index (χ3n) is 5.89. The number of amides is 1. The number of halogens is 1. The van der Waals surface area contributed by atoms with Crippen LogP contribution in [0.25, 0.3) is 11.8 Å². The predicted octanol–water partition coefficient (Wildman–Crippen LogP) is 4.01. The number of rotatable bonds is 4. The Balaban J connectivity index is 1.32. The first-order chi connectivity index (χ1) is 14.7. The third kappa shape index (κ3) is 3.85. The minimum atomic E-state index is -0.189. The molecule has 6 nitrogen and oxygen atoms in total. The molecule has 0 saturated carbocycles. The molecule has 0 aromatic heterocycles. The molecule has 0 radical (unpaired) electrons. The fourth-order valence-electron chi connectivity index (χ4n) is 4.20. The van der Waals surface area contributed by atoms with Crippen LogP contribution < -0.4 is 4.74 Å². The maximum Gasteiger partial charge on any atom is 0.409 e. The summed E-state index contributed by atoms with van der Waals surface area (Å²) >= 11 is 6.25. The number of hydrogen-bond donors (Lipinski definition) is 0. The van der Waals surface area contributed by atoms with Crippen molar-refractivity contribution in [2.75, 3.05) is 52.4 Å². The average molecular weight is 426 g/mol.